The maximum absolute atomic E-state index is 13.6. The van der Waals surface area contributed by atoms with Crippen LogP contribution in [0.4, 0.5) is 10.1 Å². The minimum absolute atomic E-state index is 0.140. The van der Waals surface area contributed by atoms with Crippen LogP contribution in [0.1, 0.15) is 16.7 Å². The lowest BCUT2D eigenvalue weighted by Crippen LogP contribution is -2.03. The molecule has 0 aliphatic heterocycles. The molecule has 0 atom stereocenters. The predicted molar refractivity (Wildman–Crippen MR) is 71.1 cm³/mol. The van der Waals surface area contributed by atoms with Crippen molar-refractivity contribution in [3.05, 3.63) is 58.9 Å². The van der Waals surface area contributed by atoms with Crippen molar-refractivity contribution < 1.29 is 9.13 Å². The maximum Gasteiger partial charge on any atom is 0.131 e. The Morgan fingerprint density at radius 1 is 1.11 bits per heavy atom. The number of hydrogen-bond acceptors (Lipinski definition) is 2. The van der Waals surface area contributed by atoms with Crippen LogP contribution in [0, 0.1) is 19.7 Å². The lowest BCUT2D eigenvalue weighted by atomic mass is 10.1. The van der Waals surface area contributed by atoms with Crippen LogP contribution in [-0.4, -0.2) is 0 Å². The number of anilines is 1. The lowest BCUT2D eigenvalue weighted by Gasteiger charge is -2.10. The van der Waals surface area contributed by atoms with Gasteiger partial charge in [-0.15, -0.1) is 0 Å². The third-order valence-electron chi connectivity index (χ3n) is 2.73. The number of hydrogen-bond donors (Lipinski definition) is 1. The van der Waals surface area contributed by atoms with Crippen molar-refractivity contribution in [1.29, 1.82) is 0 Å². The van der Waals surface area contributed by atoms with Crippen LogP contribution in [0.25, 0.3) is 0 Å². The summed E-state index contributed by atoms with van der Waals surface area (Å²) in [4.78, 5) is 0. The highest BCUT2D eigenvalue weighted by atomic mass is 19.1. The van der Waals surface area contributed by atoms with Crippen LogP contribution in [-0.2, 0) is 6.61 Å². The van der Waals surface area contributed by atoms with Crippen molar-refractivity contribution >= 4 is 5.69 Å². The first-order valence-electron chi connectivity index (χ1n) is 5.80. The van der Waals surface area contributed by atoms with Gasteiger partial charge >= 0.3 is 0 Å². The van der Waals surface area contributed by atoms with Gasteiger partial charge in [0, 0.05) is 11.3 Å². The Morgan fingerprint density at radius 2 is 1.78 bits per heavy atom. The Bertz CT molecular complexity index is 526. The summed E-state index contributed by atoms with van der Waals surface area (Å²) in [6.45, 7) is 4.13. The molecular weight excluding hydrogens is 229 g/mol. The van der Waals surface area contributed by atoms with Gasteiger partial charge in [-0.05, 0) is 49.2 Å². The number of aryl methyl sites for hydroxylation is 2. The normalized spacial score (nSPS) is 10.4. The molecule has 18 heavy (non-hydrogen) atoms. The summed E-state index contributed by atoms with van der Waals surface area (Å²) < 4.78 is 19.1. The zero-order valence-corrected chi connectivity index (χ0v) is 10.5. The third kappa shape index (κ3) is 2.80. The standard InChI is InChI=1S/C15H16FNO/c1-10-6-11(2)8-12(7-10)18-9-13-14(16)4-3-5-15(13)17/h3-8H,9,17H2,1-2H3. The molecule has 2 rings (SSSR count). The predicted octanol–water partition coefficient (Wildman–Crippen LogP) is 3.60. The van der Waals surface area contributed by atoms with Gasteiger partial charge in [0.2, 0.25) is 0 Å². The van der Waals surface area contributed by atoms with E-state index in [1.807, 2.05) is 26.0 Å². The molecule has 0 spiro atoms. The van der Waals surface area contributed by atoms with Gasteiger partial charge in [0.1, 0.15) is 18.2 Å². The van der Waals surface area contributed by atoms with E-state index in [4.69, 9.17) is 10.5 Å². The molecule has 0 amide bonds. The van der Waals surface area contributed by atoms with Crippen LogP contribution >= 0.6 is 0 Å². The average Bonchev–Trinajstić information content (AvgIpc) is 2.27. The van der Waals surface area contributed by atoms with Crippen molar-refractivity contribution in [3.8, 4) is 5.75 Å². The molecule has 0 radical (unpaired) electrons. The lowest BCUT2D eigenvalue weighted by molar-refractivity contribution is 0.300. The van der Waals surface area contributed by atoms with E-state index in [2.05, 4.69) is 6.07 Å². The summed E-state index contributed by atoms with van der Waals surface area (Å²) in [7, 11) is 0. The van der Waals surface area contributed by atoms with Crippen LogP contribution in [0.15, 0.2) is 36.4 Å². The molecule has 2 aromatic carbocycles. The highest BCUT2D eigenvalue weighted by Crippen LogP contribution is 2.21. The minimum atomic E-state index is -0.334. The van der Waals surface area contributed by atoms with Crippen molar-refractivity contribution in [2.45, 2.75) is 20.5 Å². The number of benzene rings is 2. The van der Waals surface area contributed by atoms with E-state index in [0.29, 0.717) is 11.3 Å². The molecule has 0 fully saturated rings. The molecule has 0 aliphatic carbocycles. The van der Waals surface area contributed by atoms with E-state index < -0.39 is 0 Å². The van der Waals surface area contributed by atoms with Gasteiger partial charge in [0.05, 0.1) is 0 Å². The highest BCUT2D eigenvalue weighted by Gasteiger charge is 2.07. The topological polar surface area (TPSA) is 35.2 Å². The molecule has 2 N–H and O–H groups in total. The molecule has 0 bridgehead atoms. The van der Waals surface area contributed by atoms with Crippen molar-refractivity contribution in [3.63, 3.8) is 0 Å². The van der Waals surface area contributed by atoms with Crippen molar-refractivity contribution in [2.75, 3.05) is 5.73 Å². The summed E-state index contributed by atoms with van der Waals surface area (Å²) in [5.41, 5.74) is 8.78. The summed E-state index contributed by atoms with van der Waals surface area (Å²) in [5.74, 6) is 0.398. The van der Waals surface area contributed by atoms with Crippen LogP contribution in [0.3, 0.4) is 0 Å². The van der Waals surface area contributed by atoms with Crippen LogP contribution in [0.5, 0.6) is 5.75 Å². The second-order valence-corrected chi connectivity index (χ2v) is 4.42. The minimum Gasteiger partial charge on any atom is -0.489 e. The van der Waals surface area contributed by atoms with Gasteiger partial charge in [-0.25, -0.2) is 4.39 Å². The maximum atomic E-state index is 13.6. The monoisotopic (exact) mass is 245 g/mol. The third-order valence-corrected chi connectivity index (χ3v) is 2.73. The molecule has 2 nitrogen and oxygen atoms in total. The summed E-state index contributed by atoms with van der Waals surface area (Å²) in [5, 5.41) is 0. The Morgan fingerprint density at radius 3 is 2.39 bits per heavy atom. The number of ether oxygens (including phenoxy) is 1. The molecular formula is C15H16FNO. The first kappa shape index (κ1) is 12.4. The molecule has 0 saturated heterocycles. The van der Waals surface area contributed by atoms with Crippen LogP contribution < -0.4 is 10.5 Å². The Labute approximate surface area is 106 Å². The molecule has 94 valence electrons. The molecule has 0 heterocycles. The summed E-state index contributed by atoms with van der Waals surface area (Å²) in [6, 6.07) is 10.5. The fraction of sp³-hybridized carbons (Fsp3) is 0.200. The van der Waals surface area contributed by atoms with E-state index in [9.17, 15) is 4.39 Å². The summed E-state index contributed by atoms with van der Waals surface area (Å²) >= 11 is 0. The number of nitrogen functional groups attached to an aromatic ring is 1. The zero-order valence-electron chi connectivity index (χ0n) is 10.5. The Hall–Kier alpha value is -2.03. The highest BCUT2D eigenvalue weighted by molar-refractivity contribution is 5.47. The van der Waals surface area contributed by atoms with Crippen LogP contribution in [0.2, 0.25) is 0 Å². The molecule has 3 heteroatoms. The average molecular weight is 245 g/mol. The van der Waals surface area contributed by atoms with E-state index >= 15 is 0 Å². The molecule has 2 aromatic rings. The Balaban J connectivity index is 2.16. The summed E-state index contributed by atoms with van der Waals surface area (Å²) in [6.07, 6.45) is 0. The SMILES string of the molecule is Cc1cc(C)cc(OCc2c(N)cccc2F)c1. The van der Waals surface area contributed by atoms with E-state index in [1.165, 1.54) is 6.07 Å². The zero-order chi connectivity index (χ0) is 13.1. The van der Waals surface area contributed by atoms with E-state index in [0.717, 1.165) is 16.9 Å². The largest absolute Gasteiger partial charge is 0.489 e. The van der Waals surface area contributed by atoms with Crippen molar-refractivity contribution in [2.24, 2.45) is 0 Å². The fourth-order valence-corrected chi connectivity index (χ4v) is 1.90. The molecule has 0 aromatic heterocycles. The number of halogens is 1. The fourth-order valence-electron chi connectivity index (χ4n) is 1.90. The first-order chi connectivity index (χ1) is 8.56. The van der Waals surface area contributed by atoms with Gasteiger partial charge in [-0.3, -0.25) is 0 Å². The number of nitrogens with two attached hydrogens (primary N) is 1. The Kier molecular flexibility index (Phi) is 3.51. The van der Waals surface area contributed by atoms with Gasteiger partial charge in [-0.1, -0.05) is 12.1 Å². The molecule has 0 saturated carbocycles. The van der Waals surface area contributed by atoms with Gasteiger partial charge in [-0.2, -0.15) is 0 Å². The quantitative estimate of drug-likeness (QED) is 0.838. The molecule has 0 unspecified atom stereocenters. The van der Waals surface area contributed by atoms with Crippen molar-refractivity contribution in [1.82, 2.24) is 0 Å². The second-order valence-electron chi connectivity index (χ2n) is 4.42. The van der Waals surface area contributed by atoms with Gasteiger partial charge in [0.25, 0.3) is 0 Å². The smallest absolute Gasteiger partial charge is 0.131 e. The molecule has 0 aliphatic rings. The van der Waals surface area contributed by atoms with E-state index in [1.54, 1.807) is 12.1 Å². The van der Waals surface area contributed by atoms with Gasteiger partial charge in [0.15, 0.2) is 0 Å². The first-order valence-corrected chi connectivity index (χ1v) is 5.80. The van der Waals surface area contributed by atoms with Gasteiger partial charge < -0.3 is 10.5 Å². The second kappa shape index (κ2) is 5.08. The number of rotatable bonds is 3. The van der Waals surface area contributed by atoms with E-state index in [-0.39, 0.29) is 12.4 Å².